The zero-order valence-corrected chi connectivity index (χ0v) is 13.1. The van der Waals surface area contributed by atoms with Crippen LogP contribution in [0.2, 0.25) is 0 Å². The molecule has 1 aliphatic heterocycles. The number of halogens is 1. The van der Waals surface area contributed by atoms with Crippen molar-refractivity contribution >= 4 is 22.7 Å². The minimum absolute atomic E-state index is 0.00669. The summed E-state index contributed by atoms with van der Waals surface area (Å²) in [5.41, 5.74) is -1.43. The van der Waals surface area contributed by atoms with Gasteiger partial charge in [0, 0.05) is 19.6 Å². The Morgan fingerprint density at radius 1 is 1.50 bits per heavy atom. The van der Waals surface area contributed by atoms with Gasteiger partial charge >= 0.3 is 0 Å². The molecule has 1 saturated heterocycles. The summed E-state index contributed by atoms with van der Waals surface area (Å²) in [6, 6.07) is 4.00. The molecule has 1 aliphatic rings. The minimum Gasteiger partial charge on any atom is -0.593 e. The van der Waals surface area contributed by atoms with Gasteiger partial charge in [-0.25, -0.2) is 4.39 Å². The fourth-order valence-electron chi connectivity index (χ4n) is 2.39. The predicted molar refractivity (Wildman–Crippen MR) is 82.8 cm³/mol. The van der Waals surface area contributed by atoms with E-state index < -0.39 is 22.0 Å². The van der Waals surface area contributed by atoms with Crippen LogP contribution in [0.1, 0.15) is 12.8 Å². The van der Waals surface area contributed by atoms with E-state index in [1.54, 1.807) is 0 Å². The Labute approximate surface area is 131 Å². The summed E-state index contributed by atoms with van der Waals surface area (Å²) in [7, 11) is 1.93. The molecular formula is C13H19FN4O3S. The second-order valence-electron chi connectivity index (χ2n) is 5.54. The average molecular weight is 330 g/mol. The van der Waals surface area contributed by atoms with Gasteiger partial charge < -0.3 is 14.8 Å². The van der Waals surface area contributed by atoms with E-state index in [9.17, 15) is 19.1 Å². The van der Waals surface area contributed by atoms with Gasteiger partial charge in [0.25, 0.3) is 5.69 Å². The van der Waals surface area contributed by atoms with Crippen LogP contribution in [0.25, 0.3) is 0 Å². The van der Waals surface area contributed by atoms with Crippen LogP contribution < -0.4 is 10.5 Å². The summed E-state index contributed by atoms with van der Waals surface area (Å²) >= 11 is -1.80. The van der Waals surface area contributed by atoms with E-state index in [-0.39, 0.29) is 22.8 Å². The summed E-state index contributed by atoms with van der Waals surface area (Å²) in [6.07, 6.45) is 0.768. The van der Waals surface area contributed by atoms with Crippen LogP contribution in [0.5, 0.6) is 0 Å². The summed E-state index contributed by atoms with van der Waals surface area (Å²) in [5, 5.41) is 19.1. The van der Waals surface area contributed by atoms with Crippen LogP contribution >= 0.6 is 0 Å². The minimum atomic E-state index is -1.80. The number of nitrogens with zero attached hydrogens (tertiary/aromatic N) is 2. The molecule has 2 rings (SSSR count). The van der Waals surface area contributed by atoms with E-state index in [0.29, 0.717) is 25.9 Å². The lowest BCUT2D eigenvalue weighted by molar-refractivity contribution is -0.384. The molecule has 0 aliphatic carbocycles. The number of anilines is 1. The van der Waals surface area contributed by atoms with Crippen LogP contribution in [0.3, 0.4) is 0 Å². The number of nitro groups is 1. The molecule has 0 aromatic heterocycles. The fourth-order valence-corrected chi connectivity index (χ4v) is 2.82. The largest absolute Gasteiger partial charge is 0.593 e. The van der Waals surface area contributed by atoms with Crippen molar-refractivity contribution in [3.63, 3.8) is 0 Å². The van der Waals surface area contributed by atoms with Gasteiger partial charge in [-0.3, -0.25) is 10.1 Å². The smallest absolute Gasteiger partial charge is 0.297 e. The molecule has 1 atom stereocenters. The Morgan fingerprint density at radius 3 is 2.68 bits per heavy atom. The maximum absolute atomic E-state index is 14.6. The second-order valence-corrected chi connectivity index (χ2v) is 6.61. The third-order valence-electron chi connectivity index (χ3n) is 3.88. The lowest BCUT2D eigenvalue weighted by Gasteiger charge is -2.34. The molecule has 0 saturated carbocycles. The van der Waals surface area contributed by atoms with Gasteiger partial charge in [-0.15, -0.1) is 5.14 Å². The lowest BCUT2D eigenvalue weighted by Crippen LogP contribution is -2.44. The number of alkyl halides is 1. The normalized spacial score (nSPS) is 19.6. The van der Waals surface area contributed by atoms with Gasteiger partial charge in [0.05, 0.1) is 22.4 Å². The molecule has 7 nitrogen and oxygen atoms in total. The number of benzene rings is 1. The predicted octanol–water partition coefficient (Wildman–Crippen LogP) is 1.42. The molecule has 0 amide bonds. The van der Waals surface area contributed by atoms with E-state index in [1.807, 2.05) is 11.9 Å². The Morgan fingerprint density at radius 2 is 2.14 bits per heavy atom. The first-order valence-electron chi connectivity index (χ1n) is 6.87. The molecule has 22 heavy (non-hydrogen) atoms. The highest BCUT2D eigenvalue weighted by Gasteiger charge is 2.34. The van der Waals surface area contributed by atoms with E-state index >= 15 is 0 Å². The molecule has 0 spiro atoms. The van der Waals surface area contributed by atoms with Gasteiger partial charge in [0.15, 0.2) is 4.90 Å². The van der Waals surface area contributed by atoms with Crippen LogP contribution in [-0.2, 0) is 11.4 Å². The summed E-state index contributed by atoms with van der Waals surface area (Å²) < 4.78 is 25.8. The number of hydrogen-bond donors (Lipinski definition) is 2. The molecule has 0 radical (unpaired) electrons. The van der Waals surface area contributed by atoms with Crippen molar-refractivity contribution in [1.82, 2.24) is 4.90 Å². The molecule has 1 aromatic carbocycles. The quantitative estimate of drug-likeness (QED) is 0.480. The Kier molecular flexibility index (Phi) is 5.22. The second kappa shape index (κ2) is 6.78. The molecule has 122 valence electrons. The van der Waals surface area contributed by atoms with E-state index in [2.05, 4.69) is 5.32 Å². The third kappa shape index (κ3) is 4.07. The fraction of sp³-hybridized carbons (Fsp3) is 0.538. The number of nitro benzene ring substituents is 1. The monoisotopic (exact) mass is 330 g/mol. The Balaban J connectivity index is 2.10. The van der Waals surface area contributed by atoms with Crippen LogP contribution in [0, 0.1) is 10.1 Å². The molecule has 1 unspecified atom stereocenters. The molecule has 0 bridgehead atoms. The van der Waals surface area contributed by atoms with Crippen LogP contribution in [-0.4, -0.2) is 46.7 Å². The zero-order valence-electron chi connectivity index (χ0n) is 12.3. The number of hydrogen-bond acceptors (Lipinski definition) is 6. The first-order chi connectivity index (χ1) is 10.3. The Hall–Kier alpha value is -1.42. The maximum atomic E-state index is 14.6. The number of piperidine rings is 1. The first kappa shape index (κ1) is 16.9. The summed E-state index contributed by atoms with van der Waals surface area (Å²) in [6.45, 7) is 1.32. The molecule has 1 heterocycles. The van der Waals surface area contributed by atoms with Gasteiger partial charge in [0.1, 0.15) is 11.4 Å². The summed E-state index contributed by atoms with van der Waals surface area (Å²) in [4.78, 5) is 12.7. The van der Waals surface area contributed by atoms with Gasteiger partial charge in [-0.05, 0) is 32.0 Å². The van der Waals surface area contributed by atoms with Crippen molar-refractivity contribution in [2.24, 2.45) is 5.14 Å². The lowest BCUT2D eigenvalue weighted by atomic mass is 9.93. The van der Waals surface area contributed by atoms with Gasteiger partial charge in [-0.2, -0.15) is 0 Å². The molecule has 1 aromatic rings. The molecular weight excluding hydrogens is 311 g/mol. The first-order valence-corrected chi connectivity index (χ1v) is 8.08. The van der Waals surface area contributed by atoms with E-state index in [0.717, 1.165) is 6.07 Å². The van der Waals surface area contributed by atoms with Crippen LogP contribution in [0.15, 0.2) is 23.1 Å². The number of nitrogens with one attached hydrogen (secondary N) is 1. The number of nitrogens with two attached hydrogens (primary N) is 1. The highest BCUT2D eigenvalue weighted by molar-refractivity contribution is 7.89. The number of likely N-dealkylation sites (tertiary alicyclic amines) is 1. The van der Waals surface area contributed by atoms with Crippen molar-refractivity contribution < 1.29 is 13.9 Å². The molecule has 9 heteroatoms. The zero-order chi connectivity index (χ0) is 16.3. The third-order valence-corrected chi connectivity index (χ3v) is 4.60. The van der Waals surface area contributed by atoms with E-state index in [4.69, 9.17) is 5.14 Å². The van der Waals surface area contributed by atoms with Crippen molar-refractivity contribution in [3.8, 4) is 0 Å². The van der Waals surface area contributed by atoms with Crippen molar-refractivity contribution in [1.29, 1.82) is 0 Å². The highest BCUT2D eigenvalue weighted by Crippen LogP contribution is 2.30. The molecule has 3 N–H and O–H groups in total. The topological polar surface area (TPSA) is 107 Å². The number of rotatable bonds is 5. The maximum Gasteiger partial charge on any atom is 0.297 e. The Bertz CT molecular complexity index is 550. The van der Waals surface area contributed by atoms with Gasteiger partial charge in [0.2, 0.25) is 0 Å². The standard InChI is InChI=1S/C13H19FN4O3S/c1-17-6-4-13(14,5-7-17)9-16-11-3-2-10(22(15)21)8-12(11)18(19)20/h2-3,8,16H,4-7,9,15H2,1H3. The van der Waals surface area contributed by atoms with Gasteiger partial charge in [-0.1, -0.05) is 0 Å². The SMILES string of the molecule is CN1CCC(F)(CNc2ccc([S+](N)[O-])cc2[N+](=O)[O-])CC1. The average Bonchev–Trinajstić information content (AvgIpc) is 2.48. The van der Waals surface area contributed by atoms with Crippen molar-refractivity contribution in [2.75, 3.05) is 32.0 Å². The van der Waals surface area contributed by atoms with Crippen LogP contribution in [0.4, 0.5) is 15.8 Å². The van der Waals surface area contributed by atoms with Crippen molar-refractivity contribution in [3.05, 3.63) is 28.3 Å². The van der Waals surface area contributed by atoms with E-state index in [1.165, 1.54) is 12.1 Å². The highest BCUT2D eigenvalue weighted by atomic mass is 32.2. The van der Waals surface area contributed by atoms with Crippen molar-refractivity contribution in [2.45, 2.75) is 23.4 Å². The summed E-state index contributed by atoms with van der Waals surface area (Å²) in [5.74, 6) is 0. The molecule has 1 fully saturated rings.